The molecule has 1 aromatic rings. The van der Waals surface area contributed by atoms with E-state index in [0.717, 1.165) is 25.0 Å². The van der Waals surface area contributed by atoms with Crippen molar-refractivity contribution in [2.24, 2.45) is 5.92 Å². The van der Waals surface area contributed by atoms with Crippen molar-refractivity contribution in [2.75, 3.05) is 19.8 Å². The Balaban J connectivity index is 2.11. The van der Waals surface area contributed by atoms with Gasteiger partial charge in [-0.3, -0.25) is 0 Å². The van der Waals surface area contributed by atoms with Gasteiger partial charge in [0.05, 0.1) is 4.90 Å². The number of hydrogen-bond donors (Lipinski definition) is 3. The third-order valence-electron chi connectivity index (χ3n) is 3.41. The SMILES string of the molecule is O=C(O)c1cc(S(=O)(=O)NCC2CCOCC2)ccc1O. The summed E-state index contributed by atoms with van der Waals surface area (Å²) in [6.45, 7) is 1.53. The minimum absolute atomic E-state index is 0.176. The van der Waals surface area contributed by atoms with E-state index in [0.29, 0.717) is 13.2 Å². The van der Waals surface area contributed by atoms with Gasteiger partial charge >= 0.3 is 5.97 Å². The quantitative estimate of drug-likeness (QED) is 0.740. The largest absolute Gasteiger partial charge is 0.507 e. The second kappa shape index (κ2) is 6.42. The maximum absolute atomic E-state index is 12.1. The number of aromatic carboxylic acids is 1. The Morgan fingerprint density at radius 1 is 1.33 bits per heavy atom. The highest BCUT2D eigenvalue weighted by atomic mass is 32.2. The molecular weight excluding hydrogens is 298 g/mol. The second-order valence-electron chi connectivity index (χ2n) is 4.89. The first kappa shape index (κ1) is 15.7. The van der Waals surface area contributed by atoms with Gasteiger partial charge in [0, 0.05) is 19.8 Å². The molecule has 8 heteroatoms. The molecule has 0 bridgehead atoms. The lowest BCUT2D eigenvalue weighted by atomic mass is 10.0. The molecule has 1 fully saturated rings. The summed E-state index contributed by atoms with van der Waals surface area (Å²) in [5, 5.41) is 18.3. The van der Waals surface area contributed by atoms with Crippen LogP contribution in [0.2, 0.25) is 0 Å². The summed E-state index contributed by atoms with van der Waals surface area (Å²) in [5.41, 5.74) is -0.441. The fraction of sp³-hybridized carbons (Fsp3) is 0.462. The molecule has 1 aliphatic rings. The van der Waals surface area contributed by atoms with Gasteiger partial charge in [-0.05, 0) is 37.0 Å². The van der Waals surface area contributed by atoms with Crippen molar-refractivity contribution in [3.05, 3.63) is 23.8 Å². The van der Waals surface area contributed by atoms with Crippen LogP contribution in [0.15, 0.2) is 23.1 Å². The Hall–Kier alpha value is -1.64. The van der Waals surface area contributed by atoms with Crippen LogP contribution in [0.3, 0.4) is 0 Å². The van der Waals surface area contributed by atoms with Crippen LogP contribution < -0.4 is 4.72 Å². The smallest absolute Gasteiger partial charge is 0.339 e. The predicted octanol–water partition coefficient (Wildman–Crippen LogP) is 0.795. The lowest BCUT2D eigenvalue weighted by molar-refractivity contribution is 0.0677. The van der Waals surface area contributed by atoms with Crippen molar-refractivity contribution in [2.45, 2.75) is 17.7 Å². The number of carbonyl (C=O) groups is 1. The number of nitrogens with one attached hydrogen (secondary N) is 1. The van der Waals surface area contributed by atoms with Crippen molar-refractivity contribution in [3.8, 4) is 5.75 Å². The van der Waals surface area contributed by atoms with E-state index in [4.69, 9.17) is 9.84 Å². The zero-order valence-electron chi connectivity index (χ0n) is 11.3. The second-order valence-corrected chi connectivity index (χ2v) is 6.66. The molecule has 0 unspecified atom stereocenters. The number of hydrogen-bond acceptors (Lipinski definition) is 5. The third kappa shape index (κ3) is 3.93. The molecule has 3 N–H and O–H groups in total. The Morgan fingerprint density at radius 3 is 2.62 bits per heavy atom. The van der Waals surface area contributed by atoms with Crippen LogP contribution in [-0.4, -0.2) is 44.4 Å². The molecule has 0 atom stereocenters. The maximum atomic E-state index is 12.1. The van der Waals surface area contributed by atoms with Gasteiger partial charge in [0.25, 0.3) is 0 Å². The Kier molecular flexibility index (Phi) is 4.81. The van der Waals surface area contributed by atoms with Gasteiger partial charge in [0.1, 0.15) is 11.3 Å². The van der Waals surface area contributed by atoms with E-state index in [9.17, 15) is 18.3 Å². The van der Waals surface area contributed by atoms with Gasteiger partial charge in [-0.15, -0.1) is 0 Å². The number of aromatic hydroxyl groups is 1. The van der Waals surface area contributed by atoms with E-state index in [2.05, 4.69) is 4.72 Å². The minimum Gasteiger partial charge on any atom is -0.507 e. The number of sulfonamides is 1. The maximum Gasteiger partial charge on any atom is 0.339 e. The van der Waals surface area contributed by atoms with Crippen LogP contribution in [0.25, 0.3) is 0 Å². The fourth-order valence-corrected chi connectivity index (χ4v) is 3.26. The van der Waals surface area contributed by atoms with E-state index >= 15 is 0 Å². The summed E-state index contributed by atoms with van der Waals surface area (Å²) in [6.07, 6.45) is 1.58. The summed E-state index contributed by atoms with van der Waals surface area (Å²) in [7, 11) is -3.80. The van der Waals surface area contributed by atoms with Crippen molar-refractivity contribution < 1.29 is 28.2 Å². The third-order valence-corrected chi connectivity index (χ3v) is 4.83. The molecule has 1 heterocycles. The van der Waals surface area contributed by atoms with E-state index < -0.39 is 27.3 Å². The molecule has 7 nitrogen and oxygen atoms in total. The van der Waals surface area contributed by atoms with Gasteiger partial charge in [-0.2, -0.15) is 0 Å². The Morgan fingerprint density at radius 2 is 2.00 bits per heavy atom. The molecule has 116 valence electrons. The highest BCUT2D eigenvalue weighted by Gasteiger charge is 2.21. The average molecular weight is 315 g/mol. The van der Waals surface area contributed by atoms with Crippen LogP contribution >= 0.6 is 0 Å². The molecule has 1 saturated heterocycles. The molecule has 21 heavy (non-hydrogen) atoms. The van der Waals surface area contributed by atoms with Crippen LogP contribution in [0.5, 0.6) is 5.75 Å². The summed E-state index contributed by atoms with van der Waals surface area (Å²) < 4.78 is 32.0. The van der Waals surface area contributed by atoms with Gasteiger partial charge in [0.2, 0.25) is 10.0 Å². The molecule has 1 aliphatic heterocycles. The first-order valence-electron chi connectivity index (χ1n) is 6.54. The topological polar surface area (TPSA) is 113 Å². The molecular formula is C13H17NO6S. The van der Waals surface area contributed by atoms with Gasteiger partial charge in [0.15, 0.2) is 0 Å². The van der Waals surface area contributed by atoms with Crippen LogP contribution in [0.4, 0.5) is 0 Å². The summed E-state index contributed by atoms with van der Waals surface area (Å²) in [4.78, 5) is 10.7. The normalized spacial score (nSPS) is 16.8. The number of phenols is 1. The minimum atomic E-state index is -3.80. The molecule has 0 saturated carbocycles. The van der Waals surface area contributed by atoms with E-state index in [1.165, 1.54) is 6.07 Å². The zero-order valence-corrected chi connectivity index (χ0v) is 12.1. The Bertz CT molecular complexity index is 622. The molecule has 0 amide bonds. The summed E-state index contributed by atoms with van der Waals surface area (Å²) >= 11 is 0. The van der Waals surface area contributed by atoms with Gasteiger partial charge in [-0.25, -0.2) is 17.9 Å². The van der Waals surface area contributed by atoms with E-state index in [1.807, 2.05) is 0 Å². The van der Waals surface area contributed by atoms with Crippen LogP contribution in [0.1, 0.15) is 23.2 Å². The highest BCUT2D eigenvalue weighted by molar-refractivity contribution is 7.89. The van der Waals surface area contributed by atoms with Crippen LogP contribution in [-0.2, 0) is 14.8 Å². The summed E-state index contributed by atoms with van der Waals surface area (Å²) in [5.74, 6) is -1.63. The zero-order chi connectivity index (χ0) is 15.5. The molecule has 0 aliphatic carbocycles. The van der Waals surface area contributed by atoms with Crippen molar-refractivity contribution in [1.82, 2.24) is 4.72 Å². The number of carboxylic acids is 1. The van der Waals surface area contributed by atoms with Crippen molar-refractivity contribution in [3.63, 3.8) is 0 Å². The first-order valence-corrected chi connectivity index (χ1v) is 8.02. The van der Waals surface area contributed by atoms with Crippen molar-refractivity contribution in [1.29, 1.82) is 0 Å². The molecule has 0 aromatic heterocycles. The number of carboxylic acid groups (broad SMARTS) is 1. The van der Waals surface area contributed by atoms with Crippen molar-refractivity contribution >= 4 is 16.0 Å². The van der Waals surface area contributed by atoms with Gasteiger partial charge < -0.3 is 14.9 Å². The Labute approximate surface area is 122 Å². The predicted molar refractivity (Wildman–Crippen MR) is 73.8 cm³/mol. The number of benzene rings is 1. The molecule has 2 rings (SSSR count). The first-order chi connectivity index (χ1) is 9.90. The number of ether oxygens (including phenoxy) is 1. The highest BCUT2D eigenvalue weighted by Crippen LogP contribution is 2.22. The van der Waals surface area contributed by atoms with Crippen LogP contribution in [0, 0.1) is 5.92 Å². The fourth-order valence-electron chi connectivity index (χ4n) is 2.12. The van der Waals surface area contributed by atoms with E-state index in [1.54, 1.807) is 0 Å². The average Bonchev–Trinajstić information content (AvgIpc) is 2.46. The monoisotopic (exact) mass is 315 g/mol. The lowest BCUT2D eigenvalue weighted by Crippen LogP contribution is -2.32. The molecule has 0 radical (unpaired) electrons. The molecule has 1 aromatic carbocycles. The molecule has 0 spiro atoms. The van der Waals surface area contributed by atoms with Gasteiger partial charge in [-0.1, -0.05) is 0 Å². The van der Waals surface area contributed by atoms with E-state index in [-0.39, 0.29) is 17.4 Å². The lowest BCUT2D eigenvalue weighted by Gasteiger charge is -2.22. The summed E-state index contributed by atoms with van der Waals surface area (Å²) in [6, 6.07) is 3.19. The number of rotatable bonds is 5. The standard InChI is InChI=1S/C13H17NO6S/c15-12-2-1-10(7-11(12)13(16)17)21(18,19)14-8-9-3-5-20-6-4-9/h1-2,7,9,14-15H,3-6,8H2,(H,16,17).